The molecule has 4 aromatic rings. The van der Waals surface area contributed by atoms with Gasteiger partial charge < -0.3 is 4.57 Å². The van der Waals surface area contributed by atoms with E-state index in [0.717, 1.165) is 26.9 Å². The molecule has 1 amide bonds. The average molecular weight is 556 g/mol. The summed E-state index contributed by atoms with van der Waals surface area (Å²) in [4.78, 5) is 16.8. The lowest BCUT2D eigenvalue weighted by Gasteiger charge is -2.23. The Hall–Kier alpha value is -3.66. The van der Waals surface area contributed by atoms with Crippen LogP contribution in [-0.2, 0) is 14.8 Å². The molecule has 2 heterocycles. The first-order valence-corrected chi connectivity index (χ1v) is 13.3. The summed E-state index contributed by atoms with van der Waals surface area (Å²) in [7, 11) is -4.02. The molecule has 2 aromatic carbocycles. The van der Waals surface area contributed by atoms with Gasteiger partial charge in [-0.15, -0.1) is 0 Å². The van der Waals surface area contributed by atoms with Gasteiger partial charge in [-0.05, 0) is 62.4 Å². The smallest absolute Gasteiger partial charge is 0.264 e. The molecular formula is C26H23Cl2N5O3S. The number of pyridine rings is 1. The molecule has 0 unspecified atom stereocenters. The van der Waals surface area contributed by atoms with E-state index in [2.05, 4.69) is 15.5 Å². The molecule has 190 valence electrons. The molecule has 0 atom stereocenters. The van der Waals surface area contributed by atoms with Crippen LogP contribution in [0.25, 0.3) is 5.69 Å². The molecular weight excluding hydrogens is 533 g/mol. The van der Waals surface area contributed by atoms with Crippen LogP contribution < -0.4 is 9.73 Å². The van der Waals surface area contributed by atoms with E-state index in [4.69, 9.17) is 23.2 Å². The summed E-state index contributed by atoms with van der Waals surface area (Å²) >= 11 is 12.3. The van der Waals surface area contributed by atoms with E-state index in [1.807, 2.05) is 24.5 Å². The normalized spacial score (nSPS) is 11.6. The molecule has 0 saturated carbocycles. The van der Waals surface area contributed by atoms with Gasteiger partial charge >= 0.3 is 0 Å². The van der Waals surface area contributed by atoms with Gasteiger partial charge in [0.15, 0.2) is 0 Å². The minimum absolute atomic E-state index is 0.0590. The van der Waals surface area contributed by atoms with Crippen molar-refractivity contribution in [3.8, 4) is 5.69 Å². The van der Waals surface area contributed by atoms with E-state index < -0.39 is 22.5 Å². The average Bonchev–Trinajstić information content (AvgIpc) is 3.15. The number of anilines is 1. The highest BCUT2D eigenvalue weighted by Crippen LogP contribution is 2.26. The molecule has 0 aliphatic carbocycles. The Morgan fingerprint density at radius 1 is 1.05 bits per heavy atom. The minimum Gasteiger partial charge on any atom is -0.318 e. The molecule has 0 bridgehead atoms. The van der Waals surface area contributed by atoms with Gasteiger partial charge in [0.25, 0.3) is 15.9 Å². The van der Waals surface area contributed by atoms with Crippen LogP contribution in [0.1, 0.15) is 17.0 Å². The number of aryl methyl sites for hydroxylation is 1. The Bertz CT molecular complexity index is 1540. The molecule has 8 nitrogen and oxygen atoms in total. The van der Waals surface area contributed by atoms with E-state index in [1.165, 1.54) is 30.7 Å². The molecule has 0 radical (unpaired) electrons. The monoisotopic (exact) mass is 555 g/mol. The number of hydrogen-bond donors (Lipinski definition) is 1. The van der Waals surface area contributed by atoms with Crippen LogP contribution in [-0.4, -0.2) is 36.6 Å². The Labute approximate surface area is 225 Å². The highest BCUT2D eigenvalue weighted by atomic mass is 35.5. The van der Waals surface area contributed by atoms with Crippen molar-refractivity contribution in [1.29, 1.82) is 0 Å². The van der Waals surface area contributed by atoms with Gasteiger partial charge in [-0.2, -0.15) is 5.10 Å². The van der Waals surface area contributed by atoms with Crippen molar-refractivity contribution >= 4 is 51.0 Å². The second-order valence-corrected chi connectivity index (χ2v) is 10.9. The number of rotatable bonds is 8. The van der Waals surface area contributed by atoms with E-state index in [1.54, 1.807) is 48.5 Å². The molecule has 0 aliphatic rings. The maximum absolute atomic E-state index is 13.3. The lowest BCUT2D eigenvalue weighted by Crippen LogP contribution is -2.39. The molecule has 0 aliphatic heterocycles. The van der Waals surface area contributed by atoms with Crippen molar-refractivity contribution in [2.45, 2.75) is 18.7 Å². The zero-order valence-electron chi connectivity index (χ0n) is 20.0. The maximum Gasteiger partial charge on any atom is 0.264 e. The Balaban J connectivity index is 1.54. The minimum atomic E-state index is -4.02. The van der Waals surface area contributed by atoms with Crippen LogP contribution in [0.4, 0.5) is 5.69 Å². The number of nitrogens with zero attached hydrogens (tertiary/aromatic N) is 4. The van der Waals surface area contributed by atoms with E-state index in [-0.39, 0.29) is 10.6 Å². The first-order valence-electron chi connectivity index (χ1n) is 11.1. The number of aromatic nitrogens is 2. The molecule has 0 fully saturated rings. The van der Waals surface area contributed by atoms with Crippen molar-refractivity contribution in [1.82, 2.24) is 15.0 Å². The highest BCUT2D eigenvalue weighted by Gasteiger charge is 2.27. The number of hydrogen-bond acceptors (Lipinski definition) is 5. The third-order valence-electron chi connectivity index (χ3n) is 5.52. The van der Waals surface area contributed by atoms with Gasteiger partial charge in [0.1, 0.15) is 6.54 Å². The van der Waals surface area contributed by atoms with Crippen LogP contribution >= 0.6 is 23.2 Å². The SMILES string of the molecule is Cc1cc(/C=N\NC(=O)CN(c2cccnc2)S(=O)(=O)c2ccccc2)c(C)n1-c1cc(Cl)cc(Cl)c1. The summed E-state index contributed by atoms with van der Waals surface area (Å²) in [6.45, 7) is 3.35. The van der Waals surface area contributed by atoms with Crippen molar-refractivity contribution in [2.75, 3.05) is 10.8 Å². The fourth-order valence-electron chi connectivity index (χ4n) is 3.86. The van der Waals surface area contributed by atoms with Crippen molar-refractivity contribution in [3.63, 3.8) is 0 Å². The van der Waals surface area contributed by atoms with Gasteiger partial charge in [-0.3, -0.25) is 14.1 Å². The highest BCUT2D eigenvalue weighted by molar-refractivity contribution is 7.92. The van der Waals surface area contributed by atoms with Gasteiger partial charge in [0, 0.05) is 38.9 Å². The molecule has 4 rings (SSSR count). The Kier molecular flexibility index (Phi) is 7.97. The van der Waals surface area contributed by atoms with Gasteiger partial charge in [0.05, 0.1) is 23.0 Å². The molecule has 37 heavy (non-hydrogen) atoms. The number of carbonyl (C=O) groups excluding carboxylic acids is 1. The first kappa shape index (κ1) is 26.4. The summed E-state index contributed by atoms with van der Waals surface area (Å²) < 4.78 is 29.5. The molecule has 1 N–H and O–H groups in total. The predicted octanol–water partition coefficient (Wildman–Crippen LogP) is 5.14. The number of nitrogens with one attached hydrogen (secondary N) is 1. The van der Waals surface area contributed by atoms with Crippen LogP contribution in [0, 0.1) is 13.8 Å². The van der Waals surface area contributed by atoms with E-state index >= 15 is 0 Å². The number of carbonyl (C=O) groups is 1. The van der Waals surface area contributed by atoms with Crippen LogP contribution in [0.3, 0.4) is 0 Å². The number of benzene rings is 2. The van der Waals surface area contributed by atoms with Gasteiger partial charge in [0.2, 0.25) is 0 Å². The molecule has 0 spiro atoms. The summed E-state index contributed by atoms with van der Waals surface area (Å²) in [5, 5.41) is 5.09. The largest absolute Gasteiger partial charge is 0.318 e. The van der Waals surface area contributed by atoms with Crippen molar-refractivity contribution < 1.29 is 13.2 Å². The molecule has 11 heteroatoms. The third-order valence-corrected chi connectivity index (χ3v) is 7.75. The van der Waals surface area contributed by atoms with Crippen molar-refractivity contribution in [2.24, 2.45) is 5.10 Å². The fourth-order valence-corrected chi connectivity index (χ4v) is 5.80. The van der Waals surface area contributed by atoms with Gasteiger partial charge in [-0.25, -0.2) is 13.8 Å². The van der Waals surface area contributed by atoms with E-state index in [9.17, 15) is 13.2 Å². The lowest BCUT2D eigenvalue weighted by atomic mass is 10.2. The zero-order chi connectivity index (χ0) is 26.6. The van der Waals surface area contributed by atoms with Crippen LogP contribution in [0.15, 0.2) is 89.1 Å². The molecule has 2 aromatic heterocycles. The zero-order valence-corrected chi connectivity index (χ0v) is 22.3. The van der Waals surface area contributed by atoms with Gasteiger partial charge in [-0.1, -0.05) is 41.4 Å². The fraction of sp³-hybridized carbons (Fsp3) is 0.115. The summed E-state index contributed by atoms with van der Waals surface area (Å²) in [6.07, 6.45) is 4.41. The molecule has 0 saturated heterocycles. The first-order chi connectivity index (χ1) is 17.7. The predicted molar refractivity (Wildman–Crippen MR) is 146 cm³/mol. The third kappa shape index (κ3) is 6.02. The van der Waals surface area contributed by atoms with Crippen LogP contribution in [0.5, 0.6) is 0 Å². The van der Waals surface area contributed by atoms with Crippen LogP contribution in [0.2, 0.25) is 10.0 Å². The second-order valence-electron chi connectivity index (χ2n) is 8.12. The summed E-state index contributed by atoms with van der Waals surface area (Å²) in [6, 6.07) is 18.2. The van der Waals surface area contributed by atoms with Crippen molar-refractivity contribution in [3.05, 3.63) is 106 Å². The maximum atomic E-state index is 13.3. The quantitative estimate of drug-likeness (QED) is 0.240. The standard InChI is InChI=1S/C26H23Cl2N5O3S/c1-18-11-20(19(2)33(18)24-13-21(27)12-22(28)14-24)15-30-31-26(34)17-32(23-7-6-10-29-16-23)37(35,36)25-8-4-3-5-9-25/h3-16H,17H2,1-2H3,(H,31,34)/b30-15-. The van der Waals surface area contributed by atoms with E-state index in [0.29, 0.717) is 10.0 Å². The summed E-state index contributed by atoms with van der Waals surface area (Å²) in [5.41, 5.74) is 6.02. The Morgan fingerprint density at radius 3 is 2.41 bits per heavy atom. The number of sulfonamides is 1. The number of halogens is 2. The Morgan fingerprint density at radius 2 is 1.76 bits per heavy atom. The lowest BCUT2D eigenvalue weighted by molar-refractivity contribution is -0.119. The number of hydrazone groups is 1. The second kappa shape index (κ2) is 11.2. The number of amides is 1. The topological polar surface area (TPSA) is 96.7 Å². The summed E-state index contributed by atoms with van der Waals surface area (Å²) in [5.74, 6) is -0.616.